The molecule has 10 heteroatoms. The van der Waals surface area contributed by atoms with Crippen molar-refractivity contribution in [3.8, 4) is 0 Å². The van der Waals surface area contributed by atoms with Crippen molar-refractivity contribution in [1.29, 1.82) is 5.41 Å². The van der Waals surface area contributed by atoms with Gasteiger partial charge in [0.15, 0.2) is 5.82 Å². The topological polar surface area (TPSA) is 155 Å². The van der Waals surface area contributed by atoms with Crippen molar-refractivity contribution in [1.82, 2.24) is 20.4 Å². The summed E-state index contributed by atoms with van der Waals surface area (Å²) in [7, 11) is 1.57. The number of aromatic nitrogens is 3. The zero-order valence-corrected chi connectivity index (χ0v) is 20.5. The number of nitrogens with zero attached hydrogens (tertiary/aromatic N) is 3. The summed E-state index contributed by atoms with van der Waals surface area (Å²) < 4.78 is 5.42. The van der Waals surface area contributed by atoms with Crippen LogP contribution in [0.5, 0.6) is 0 Å². The summed E-state index contributed by atoms with van der Waals surface area (Å²) in [6.07, 6.45) is 1.34. The van der Waals surface area contributed by atoms with Gasteiger partial charge in [-0.2, -0.15) is 0 Å². The first-order valence-corrected chi connectivity index (χ1v) is 11.3. The molecule has 0 atom stereocenters. The number of nitrogens with two attached hydrogens (primary N) is 1. The van der Waals surface area contributed by atoms with E-state index in [1.807, 2.05) is 30.3 Å². The summed E-state index contributed by atoms with van der Waals surface area (Å²) in [4.78, 5) is 20.2. The molecule has 2 aromatic carbocycles. The highest BCUT2D eigenvalue weighted by molar-refractivity contribution is 6.16. The average molecular weight is 485 g/mol. The molecule has 2 heterocycles. The van der Waals surface area contributed by atoms with Gasteiger partial charge in [0, 0.05) is 41.0 Å². The van der Waals surface area contributed by atoms with E-state index < -0.39 is 0 Å². The first-order valence-electron chi connectivity index (χ1n) is 11.3. The van der Waals surface area contributed by atoms with Crippen LogP contribution in [0.3, 0.4) is 0 Å². The summed E-state index contributed by atoms with van der Waals surface area (Å²) in [5.41, 5.74) is 9.17. The van der Waals surface area contributed by atoms with Crippen LogP contribution in [0.1, 0.15) is 48.0 Å². The van der Waals surface area contributed by atoms with E-state index in [0.717, 1.165) is 17.1 Å². The van der Waals surface area contributed by atoms with E-state index in [1.165, 1.54) is 6.33 Å². The van der Waals surface area contributed by atoms with Crippen molar-refractivity contribution in [2.75, 3.05) is 23.4 Å². The van der Waals surface area contributed by atoms with Crippen LogP contribution in [-0.4, -0.2) is 33.8 Å². The van der Waals surface area contributed by atoms with Gasteiger partial charge in [-0.3, -0.25) is 10.2 Å². The smallest absolute Gasteiger partial charge is 0.251 e. The Morgan fingerprint density at radius 3 is 2.14 bits per heavy atom. The van der Waals surface area contributed by atoms with Crippen LogP contribution in [0.4, 0.5) is 28.8 Å². The Bertz CT molecular complexity index is 1390. The summed E-state index contributed by atoms with van der Waals surface area (Å²) in [6.45, 7) is 6.18. The van der Waals surface area contributed by atoms with E-state index in [2.05, 4.69) is 51.8 Å². The van der Waals surface area contributed by atoms with E-state index in [1.54, 1.807) is 31.3 Å². The highest BCUT2D eigenvalue weighted by atomic mass is 16.5. The van der Waals surface area contributed by atoms with Gasteiger partial charge >= 0.3 is 0 Å². The Morgan fingerprint density at radius 2 is 1.56 bits per heavy atom. The molecule has 0 aliphatic rings. The number of carbonyl (C=O) groups is 1. The van der Waals surface area contributed by atoms with Crippen molar-refractivity contribution in [3.63, 3.8) is 0 Å². The van der Waals surface area contributed by atoms with Gasteiger partial charge in [-0.15, -0.1) is 0 Å². The van der Waals surface area contributed by atoms with E-state index in [9.17, 15) is 4.79 Å². The van der Waals surface area contributed by atoms with Crippen molar-refractivity contribution in [2.24, 2.45) is 0 Å². The van der Waals surface area contributed by atoms with Gasteiger partial charge in [-0.1, -0.05) is 38.1 Å². The van der Waals surface area contributed by atoms with Gasteiger partial charge in [0.05, 0.1) is 11.3 Å². The molecule has 0 saturated carbocycles. The normalized spacial score (nSPS) is 11.1. The van der Waals surface area contributed by atoms with Crippen LogP contribution in [0.15, 0.2) is 65.4 Å². The van der Waals surface area contributed by atoms with Crippen LogP contribution in [0.25, 0.3) is 0 Å². The lowest BCUT2D eigenvalue weighted by Gasteiger charge is -2.14. The second-order valence-electron chi connectivity index (χ2n) is 9.17. The number of hydrogen-bond donors (Lipinski definition) is 5. The average Bonchev–Trinajstić information content (AvgIpc) is 3.34. The van der Waals surface area contributed by atoms with Crippen LogP contribution in [0.2, 0.25) is 0 Å². The molecule has 4 rings (SSSR count). The predicted molar refractivity (Wildman–Crippen MR) is 140 cm³/mol. The zero-order chi connectivity index (χ0) is 25.9. The summed E-state index contributed by atoms with van der Waals surface area (Å²) in [5.74, 6) is 1.79. The fraction of sp³-hybridized carbons (Fsp3) is 0.192. The molecule has 4 aromatic rings. The van der Waals surface area contributed by atoms with Gasteiger partial charge < -0.3 is 26.2 Å². The quantitative estimate of drug-likeness (QED) is 0.238. The lowest BCUT2D eigenvalue weighted by atomic mass is 9.93. The molecule has 0 saturated heterocycles. The number of benzene rings is 2. The molecule has 1 amide bonds. The molecule has 184 valence electrons. The Kier molecular flexibility index (Phi) is 6.69. The molecule has 10 nitrogen and oxygen atoms in total. The van der Waals surface area contributed by atoms with Crippen molar-refractivity contribution < 1.29 is 9.32 Å². The van der Waals surface area contributed by atoms with Crippen LogP contribution < -0.4 is 21.7 Å². The Balaban J connectivity index is 1.52. The van der Waals surface area contributed by atoms with E-state index in [0.29, 0.717) is 28.3 Å². The van der Waals surface area contributed by atoms with Crippen LogP contribution in [0, 0.1) is 5.41 Å². The third kappa shape index (κ3) is 5.33. The molecule has 0 aliphatic carbocycles. The third-order valence-electron chi connectivity index (χ3n) is 5.46. The van der Waals surface area contributed by atoms with Gasteiger partial charge in [-0.05, 0) is 36.4 Å². The molecule has 0 bridgehead atoms. The van der Waals surface area contributed by atoms with Gasteiger partial charge in [0.2, 0.25) is 0 Å². The fourth-order valence-corrected chi connectivity index (χ4v) is 3.43. The first kappa shape index (κ1) is 24.4. The van der Waals surface area contributed by atoms with E-state index in [-0.39, 0.29) is 22.9 Å². The largest absolute Gasteiger partial charge is 0.383 e. The monoisotopic (exact) mass is 484 g/mol. The maximum absolute atomic E-state index is 11.8. The van der Waals surface area contributed by atoms with Crippen molar-refractivity contribution in [3.05, 3.63) is 83.4 Å². The minimum atomic E-state index is -0.200. The summed E-state index contributed by atoms with van der Waals surface area (Å²) in [5, 5.41) is 21.8. The molecule has 0 fully saturated rings. The molecule has 6 N–H and O–H groups in total. The number of nitrogen functional groups attached to an aromatic ring is 1. The summed E-state index contributed by atoms with van der Waals surface area (Å²) in [6, 6.07) is 16.1. The second kappa shape index (κ2) is 9.87. The Labute approximate surface area is 208 Å². The number of rotatable bonds is 7. The Hall–Kier alpha value is -4.73. The molecular weight excluding hydrogens is 456 g/mol. The fourth-order valence-electron chi connectivity index (χ4n) is 3.43. The van der Waals surface area contributed by atoms with Crippen molar-refractivity contribution in [2.45, 2.75) is 26.2 Å². The molecule has 2 aromatic heterocycles. The summed E-state index contributed by atoms with van der Waals surface area (Å²) >= 11 is 0. The molecule has 36 heavy (non-hydrogen) atoms. The Morgan fingerprint density at radius 1 is 0.944 bits per heavy atom. The number of hydrogen-bond acceptors (Lipinski definition) is 9. The highest BCUT2D eigenvalue weighted by Crippen LogP contribution is 2.28. The van der Waals surface area contributed by atoms with Crippen LogP contribution >= 0.6 is 0 Å². The molecule has 0 spiro atoms. The maximum atomic E-state index is 11.8. The number of nitrogens with one attached hydrogen (secondary N) is 4. The van der Waals surface area contributed by atoms with E-state index in [4.69, 9.17) is 15.7 Å². The predicted octanol–water partition coefficient (Wildman–Crippen LogP) is 4.61. The minimum absolute atomic E-state index is 0.127. The standard InChI is InChI=1S/C26H28N8O2/c1-26(2,3)19-13-20(34-36-19)32-17-9-11-18(12-10-17)33-24-21(23(28)30-14-31-24)22(27)15-5-7-16(8-6-15)25(35)29-4/h5-14,27H,1-4H3,(H,29,35)(H,32,34)(H3,28,30,31,33). The minimum Gasteiger partial charge on any atom is -0.383 e. The van der Waals surface area contributed by atoms with Crippen LogP contribution in [-0.2, 0) is 5.41 Å². The molecule has 0 unspecified atom stereocenters. The van der Waals surface area contributed by atoms with Gasteiger partial charge in [0.1, 0.15) is 23.7 Å². The molecule has 0 aliphatic heterocycles. The highest BCUT2D eigenvalue weighted by Gasteiger charge is 2.20. The molecule has 0 radical (unpaired) electrons. The molecular formula is C26H28N8O2. The third-order valence-corrected chi connectivity index (χ3v) is 5.46. The van der Waals surface area contributed by atoms with Gasteiger partial charge in [0.25, 0.3) is 5.91 Å². The van der Waals surface area contributed by atoms with Crippen molar-refractivity contribution >= 4 is 40.4 Å². The number of amides is 1. The number of carbonyl (C=O) groups excluding carboxylic acids is 1. The SMILES string of the molecule is CNC(=O)c1ccc(C(=N)c2c(N)ncnc2Nc2ccc(Nc3cc(C(C)(C)C)on3)cc2)cc1. The number of anilines is 5. The van der Waals surface area contributed by atoms with Gasteiger partial charge in [-0.25, -0.2) is 9.97 Å². The maximum Gasteiger partial charge on any atom is 0.251 e. The first-order chi connectivity index (χ1) is 17.2. The second-order valence-corrected chi connectivity index (χ2v) is 9.17. The lowest BCUT2D eigenvalue weighted by molar-refractivity contribution is 0.0963. The lowest BCUT2D eigenvalue weighted by Crippen LogP contribution is -2.18. The van der Waals surface area contributed by atoms with E-state index >= 15 is 0 Å². The zero-order valence-electron chi connectivity index (χ0n) is 20.5.